The maximum Gasteiger partial charge on any atom is 0.0346 e. The van der Waals surface area contributed by atoms with Gasteiger partial charge in [0.15, 0.2) is 0 Å². The topological polar surface area (TPSA) is 12.0 Å². The molecule has 0 saturated carbocycles. The summed E-state index contributed by atoms with van der Waals surface area (Å²) in [4.78, 5) is 0. The summed E-state index contributed by atoms with van der Waals surface area (Å²) >= 11 is 1.83. The first-order chi connectivity index (χ1) is 6.86. The maximum atomic E-state index is 3.35. The summed E-state index contributed by atoms with van der Waals surface area (Å²) in [6, 6.07) is 9.10. The van der Waals surface area contributed by atoms with E-state index in [2.05, 4.69) is 41.9 Å². The Morgan fingerprint density at radius 2 is 2.14 bits per heavy atom. The van der Waals surface area contributed by atoms with Crippen molar-refractivity contribution >= 4 is 21.4 Å². The molecule has 2 heteroatoms. The largest absolute Gasteiger partial charge is 0.313 e. The van der Waals surface area contributed by atoms with E-state index in [1.807, 2.05) is 18.4 Å². The minimum absolute atomic E-state index is 0.492. The molecule has 2 aromatic rings. The second-order valence-corrected chi connectivity index (χ2v) is 4.35. The van der Waals surface area contributed by atoms with E-state index in [-0.39, 0.29) is 0 Å². The lowest BCUT2D eigenvalue weighted by atomic mass is 10.0. The van der Waals surface area contributed by atoms with Gasteiger partial charge in [0.05, 0.1) is 0 Å². The molecule has 0 radical (unpaired) electrons. The Kier molecular flexibility index (Phi) is 2.85. The molecule has 0 aliphatic carbocycles. The number of hydrogen-bond donors (Lipinski definition) is 1. The lowest BCUT2D eigenvalue weighted by Crippen LogP contribution is -2.14. The minimum Gasteiger partial charge on any atom is -0.313 e. The zero-order valence-electron chi connectivity index (χ0n) is 8.58. The second kappa shape index (κ2) is 4.11. The average molecular weight is 205 g/mol. The van der Waals surface area contributed by atoms with Crippen LogP contribution in [0.1, 0.15) is 24.9 Å². The van der Waals surface area contributed by atoms with Crippen LogP contribution in [0.5, 0.6) is 0 Å². The van der Waals surface area contributed by atoms with Gasteiger partial charge in [0.25, 0.3) is 0 Å². The van der Waals surface area contributed by atoms with Gasteiger partial charge < -0.3 is 5.32 Å². The molecule has 0 amide bonds. The van der Waals surface area contributed by atoms with Crippen LogP contribution in [0.2, 0.25) is 0 Å². The van der Waals surface area contributed by atoms with E-state index in [0.29, 0.717) is 6.04 Å². The molecule has 2 rings (SSSR count). The number of hydrogen-bond acceptors (Lipinski definition) is 2. The van der Waals surface area contributed by atoms with Crippen molar-refractivity contribution in [3.05, 3.63) is 35.2 Å². The Bertz CT molecular complexity index is 415. The maximum absolute atomic E-state index is 3.35. The van der Waals surface area contributed by atoms with Gasteiger partial charge in [-0.15, -0.1) is 11.3 Å². The van der Waals surface area contributed by atoms with Crippen LogP contribution in [0, 0.1) is 0 Å². The van der Waals surface area contributed by atoms with E-state index in [1.165, 1.54) is 15.6 Å². The van der Waals surface area contributed by atoms with Crippen LogP contribution in [0.15, 0.2) is 29.6 Å². The number of benzene rings is 1. The Morgan fingerprint density at radius 1 is 1.36 bits per heavy atom. The summed E-state index contributed by atoms with van der Waals surface area (Å²) in [5, 5.41) is 7.03. The summed E-state index contributed by atoms with van der Waals surface area (Å²) in [5.41, 5.74) is 1.44. The number of fused-ring (bicyclic) bond motifs is 1. The lowest BCUT2D eigenvalue weighted by Gasteiger charge is -2.12. The third kappa shape index (κ3) is 1.56. The lowest BCUT2D eigenvalue weighted by molar-refractivity contribution is 0.582. The summed E-state index contributed by atoms with van der Waals surface area (Å²) in [5.74, 6) is 0. The first kappa shape index (κ1) is 9.69. The minimum atomic E-state index is 0.492. The summed E-state index contributed by atoms with van der Waals surface area (Å²) in [6.45, 7) is 2.22. The van der Waals surface area contributed by atoms with Crippen molar-refractivity contribution in [2.24, 2.45) is 0 Å². The SMILES string of the molecule is CCC(NC)c1csc2ccccc12. The molecule has 1 unspecified atom stereocenters. The molecule has 74 valence electrons. The summed E-state index contributed by atoms with van der Waals surface area (Å²) < 4.78 is 1.39. The van der Waals surface area contributed by atoms with Gasteiger partial charge >= 0.3 is 0 Å². The standard InChI is InChI=1S/C12H15NS/c1-3-11(13-2)10-8-14-12-7-5-4-6-9(10)12/h4-8,11,13H,3H2,1-2H3. The second-order valence-electron chi connectivity index (χ2n) is 3.44. The highest BCUT2D eigenvalue weighted by Gasteiger charge is 2.11. The van der Waals surface area contributed by atoms with E-state index >= 15 is 0 Å². The van der Waals surface area contributed by atoms with Crippen LogP contribution in [-0.4, -0.2) is 7.05 Å². The van der Waals surface area contributed by atoms with E-state index < -0.39 is 0 Å². The van der Waals surface area contributed by atoms with Crippen LogP contribution in [0.25, 0.3) is 10.1 Å². The van der Waals surface area contributed by atoms with Gasteiger partial charge in [0, 0.05) is 10.7 Å². The van der Waals surface area contributed by atoms with E-state index in [4.69, 9.17) is 0 Å². The molecule has 1 N–H and O–H groups in total. The van der Waals surface area contributed by atoms with Gasteiger partial charge in [-0.3, -0.25) is 0 Å². The van der Waals surface area contributed by atoms with Gasteiger partial charge in [-0.25, -0.2) is 0 Å². The highest BCUT2D eigenvalue weighted by molar-refractivity contribution is 7.17. The molecular weight excluding hydrogens is 190 g/mol. The molecule has 0 saturated heterocycles. The van der Waals surface area contributed by atoms with Gasteiger partial charge in [0.1, 0.15) is 0 Å². The van der Waals surface area contributed by atoms with Crippen LogP contribution >= 0.6 is 11.3 Å². The molecule has 1 nitrogen and oxygen atoms in total. The molecule has 0 spiro atoms. The monoisotopic (exact) mass is 205 g/mol. The molecule has 0 aliphatic rings. The third-order valence-corrected chi connectivity index (χ3v) is 3.62. The zero-order valence-corrected chi connectivity index (χ0v) is 9.40. The van der Waals surface area contributed by atoms with Gasteiger partial charge in [-0.05, 0) is 35.9 Å². The number of thiophene rings is 1. The van der Waals surface area contributed by atoms with Crippen LogP contribution < -0.4 is 5.32 Å². The molecule has 0 bridgehead atoms. The first-order valence-electron chi connectivity index (χ1n) is 5.00. The fourth-order valence-electron chi connectivity index (χ4n) is 1.85. The highest BCUT2D eigenvalue weighted by Crippen LogP contribution is 2.31. The molecule has 14 heavy (non-hydrogen) atoms. The normalized spacial score (nSPS) is 13.3. The Balaban J connectivity index is 2.51. The smallest absolute Gasteiger partial charge is 0.0346 e. The van der Waals surface area contributed by atoms with Crippen molar-refractivity contribution in [3.8, 4) is 0 Å². The quantitative estimate of drug-likeness (QED) is 0.807. The van der Waals surface area contributed by atoms with Crippen LogP contribution in [-0.2, 0) is 0 Å². The number of nitrogens with one attached hydrogen (secondary N) is 1. The Morgan fingerprint density at radius 3 is 2.86 bits per heavy atom. The van der Waals surface area contributed by atoms with Gasteiger partial charge in [0.2, 0.25) is 0 Å². The predicted molar refractivity (Wildman–Crippen MR) is 63.9 cm³/mol. The molecule has 0 aliphatic heterocycles. The van der Waals surface area contributed by atoms with E-state index in [1.54, 1.807) is 0 Å². The highest BCUT2D eigenvalue weighted by atomic mass is 32.1. The van der Waals surface area contributed by atoms with Crippen molar-refractivity contribution in [1.29, 1.82) is 0 Å². The van der Waals surface area contributed by atoms with Gasteiger partial charge in [-0.1, -0.05) is 25.1 Å². The van der Waals surface area contributed by atoms with E-state index in [0.717, 1.165) is 6.42 Å². The van der Waals surface area contributed by atoms with Crippen molar-refractivity contribution < 1.29 is 0 Å². The third-order valence-electron chi connectivity index (χ3n) is 2.64. The molecule has 1 heterocycles. The van der Waals surface area contributed by atoms with Crippen molar-refractivity contribution in [1.82, 2.24) is 5.32 Å². The van der Waals surface area contributed by atoms with Crippen molar-refractivity contribution in [2.45, 2.75) is 19.4 Å². The average Bonchev–Trinajstić information content (AvgIpc) is 2.65. The predicted octanol–water partition coefficient (Wildman–Crippen LogP) is 3.57. The first-order valence-corrected chi connectivity index (χ1v) is 5.88. The summed E-state index contributed by atoms with van der Waals surface area (Å²) in [6.07, 6.45) is 1.14. The van der Waals surface area contributed by atoms with E-state index in [9.17, 15) is 0 Å². The Hall–Kier alpha value is -0.860. The van der Waals surface area contributed by atoms with Crippen LogP contribution in [0.4, 0.5) is 0 Å². The fourth-order valence-corrected chi connectivity index (χ4v) is 2.86. The Labute approximate surface area is 88.8 Å². The zero-order chi connectivity index (χ0) is 9.97. The fraction of sp³-hybridized carbons (Fsp3) is 0.333. The molecular formula is C12H15NS. The molecule has 1 aromatic carbocycles. The molecule has 0 fully saturated rings. The number of rotatable bonds is 3. The van der Waals surface area contributed by atoms with Gasteiger partial charge in [-0.2, -0.15) is 0 Å². The molecule has 1 aromatic heterocycles. The summed E-state index contributed by atoms with van der Waals surface area (Å²) in [7, 11) is 2.03. The molecule has 1 atom stereocenters. The van der Waals surface area contributed by atoms with Crippen LogP contribution in [0.3, 0.4) is 0 Å². The van der Waals surface area contributed by atoms with Crippen molar-refractivity contribution in [3.63, 3.8) is 0 Å². The van der Waals surface area contributed by atoms with Crippen molar-refractivity contribution in [2.75, 3.05) is 7.05 Å².